The van der Waals surface area contributed by atoms with E-state index in [1.807, 2.05) is 12.1 Å². The van der Waals surface area contributed by atoms with Crippen molar-refractivity contribution in [3.63, 3.8) is 0 Å². The molecule has 1 aliphatic rings. The van der Waals surface area contributed by atoms with Crippen molar-refractivity contribution >= 4 is 17.8 Å². The number of halogens is 1. The molecule has 140 valence electrons. The highest BCUT2D eigenvalue weighted by Gasteiger charge is 2.49. The second-order valence-corrected chi connectivity index (χ2v) is 6.37. The fourth-order valence-electron chi connectivity index (χ4n) is 2.89. The van der Waals surface area contributed by atoms with Crippen LogP contribution in [0.1, 0.15) is 18.2 Å². The Morgan fingerprint density at radius 2 is 1.96 bits per heavy atom. The highest BCUT2D eigenvalue weighted by atomic mass is 19.1. The van der Waals surface area contributed by atoms with Crippen molar-refractivity contribution in [3.8, 4) is 0 Å². The summed E-state index contributed by atoms with van der Waals surface area (Å²) in [6.45, 7) is 1.48. The van der Waals surface area contributed by atoms with E-state index in [-0.39, 0.29) is 6.54 Å². The summed E-state index contributed by atoms with van der Waals surface area (Å²) < 4.78 is 13.1. The second kappa shape index (κ2) is 7.53. The summed E-state index contributed by atoms with van der Waals surface area (Å²) >= 11 is 0. The molecule has 0 bridgehead atoms. The number of benzene rings is 1. The number of carbonyl (C=O) groups is 3. The average molecular weight is 370 g/mol. The molecule has 1 aromatic carbocycles. The average Bonchev–Trinajstić information content (AvgIpc) is 2.87. The van der Waals surface area contributed by atoms with Crippen molar-refractivity contribution in [2.24, 2.45) is 0 Å². The number of carbonyl (C=O) groups excluding carboxylic acids is 3. The molecule has 1 fully saturated rings. The predicted molar refractivity (Wildman–Crippen MR) is 94.9 cm³/mol. The van der Waals surface area contributed by atoms with Crippen molar-refractivity contribution in [2.75, 3.05) is 13.1 Å². The molecule has 2 aromatic rings. The Morgan fingerprint density at radius 1 is 1.22 bits per heavy atom. The number of aromatic nitrogens is 1. The summed E-state index contributed by atoms with van der Waals surface area (Å²) in [6, 6.07) is 10.1. The first kappa shape index (κ1) is 18.5. The van der Waals surface area contributed by atoms with Crippen LogP contribution in [0, 0.1) is 5.82 Å². The van der Waals surface area contributed by atoms with E-state index in [1.54, 1.807) is 12.3 Å². The summed E-state index contributed by atoms with van der Waals surface area (Å²) in [6.07, 6.45) is 2.21. The maximum Gasteiger partial charge on any atom is 0.325 e. The molecule has 0 unspecified atom stereocenters. The number of nitrogens with one attached hydrogen (secondary N) is 2. The van der Waals surface area contributed by atoms with Crippen molar-refractivity contribution < 1.29 is 18.8 Å². The first-order chi connectivity index (χ1) is 12.9. The molecule has 1 atom stereocenters. The SMILES string of the molecule is C[C@@]1(c2ccc(F)cc2)NC(=O)N(CC(=O)NCCc2ccccn2)C1=O. The number of urea groups is 1. The number of hydrogen-bond donors (Lipinski definition) is 2. The highest BCUT2D eigenvalue weighted by Crippen LogP contribution is 2.28. The topological polar surface area (TPSA) is 91.4 Å². The van der Waals surface area contributed by atoms with Crippen molar-refractivity contribution in [1.29, 1.82) is 0 Å². The molecule has 1 saturated heterocycles. The molecular weight excluding hydrogens is 351 g/mol. The Bertz CT molecular complexity index is 857. The standard InChI is InChI=1S/C19H19FN4O3/c1-19(13-5-7-14(20)8-6-13)17(26)24(18(27)23-19)12-16(25)22-11-9-15-4-2-3-10-21-15/h2-8,10H,9,11-12H2,1H3,(H,22,25)(H,23,27)/t19-/m0/s1. The summed E-state index contributed by atoms with van der Waals surface area (Å²) in [7, 11) is 0. The molecular formula is C19H19FN4O3. The fraction of sp³-hybridized carbons (Fsp3) is 0.263. The van der Waals surface area contributed by atoms with E-state index in [2.05, 4.69) is 15.6 Å². The van der Waals surface area contributed by atoms with Gasteiger partial charge in [0.25, 0.3) is 5.91 Å². The number of amides is 4. The lowest BCUT2D eigenvalue weighted by Gasteiger charge is -2.22. The van der Waals surface area contributed by atoms with E-state index in [0.717, 1.165) is 10.6 Å². The van der Waals surface area contributed by atoms with Crippen LogP contribution in [0.4, 0.5) is 9.18 Å². The third-order valence-electron chi connectivity index (χ3n) is 4.43. The van der Waals surface area contributed by atoms with E-state index in [4.69, 9.17) is 0 Å². The van der Waals surface area contributed by atoms with Crippen LogP contribution in [0.3, 0.4) is 0 Å². The zero-order chi connectivity index (χ0) is 19.4. The second-order valence-electron chi connectivity index (χ2n) is 6.37. The van der Waals surface area contributed by atoms with Gasteiger partial charge in [0.05, 0.1) is 0 Å². The Morgan fingerprint density at radius 3 is 2.63 bits per heavy atom. The number of nitrogens with zero attached hydrogens (tertiary/aromatic N) is 2. The van der Waals surface area contributed by atoms with Gasteiger partial charge in [0.2, 0.25) is 5.91 Å². The molecule has 27 heavy (non-hydrogen) atoms. The van der Waals surface area contributed by atoms with Gasteiger partial charge in [-0.1, -0.05) is 18.2 Å². The van der Waals surface area contributed by atoms with Crippen LogP contribution >= 0.6 is 0 Å². The van der Waals surface area contributed by atoms with Gasteiger partial charge in [-0.3, -0.25) is 19.5 Å². The van der Waals surface area contributed by atoms with Crippen LogP contribution < -0.4 is 10.6 Å². The third kappa shape index (κ3) is 3.94. The van der Waals surface area contributed by atoms with E-state index in [1.165, 1.54) is 31.2 Å². The molecule has 4 amide bonds. The maximum absolute atomic E-state index is 13.1. The van der Waals surface area contributed by atoms with Crippen LogP contribution in [0.2, 0.25) is 0 Å². The van der Waals surface area contributed by atoms with Crippen molar-refractivity contribution in [1.82, 2.24) is 20.5 Å². The van der Waals surface area contributed by atoms with Gasteiger partial charge in [0.15, 0.2) is 0 Å². The van der Waals surface area contributed by atoms with Gasteiger partial charge < -0.3 is 10.6 Å². The van der Waals surface area contributed by atoms with E-state index < -0.39 is 29.2 Å². The van der Waals surface area contributed by atoms with Gasteiger partial charge in [-0.15, -0.1) is 0 Å². The van der Waals surface area contributed by atoms with E-state index in [9.17, 15) is 18.8 Å². The maximum atomic E-state index is 13.1. The summed E-state index contributed by atoms with van der Waals surface area (Å²) in [5, 5.41) is 5.25. The van der Waals surface area contributed by atoms with Gasteiger partial charge in [-0.25, -0.2) is 9.18 Å². The van der Waals surface area contributed by atoms with Crippen LogP contribution in [-0.4, -0.2) is 40.8 Å². The summed E-state index contributed by atoms with van der Waals surface area (Å²) in [4.78, 5) is 42.0. The lowest BCUT2D eigenvalue weighted by atomic mass is 9.92. The first-order valence-electron chi connectivity index (χ1n) is 8.47. The zero-order valence-corrected chi connectivity index (χ0v) is 14.7. The fourth-order valence-corrected chi connectivity index (χ4v) is 2.89. The molecule has 0 spiro atoms. The largest absolute Gasteiger partial charge is 0.354 e. The van der Waals surface area contributed by atoms with Crippen molar-refractivity contribution in [3.05, 3.63) is 65.7 Å². The lowest BCUT2D eigenvalue weighted by Crippen LogP contribution is -2.43. The minimum Gasteiger partial charge on any atom is -0.354 e. The van der Waals surface area contributed by atoms with Crippen molar-refractivity contribution in [2.45, 2.75) is 18.9 Å². The van der Waals surface area contributed by atoms with Gasteiger partial charge in [-0.05, 0) is 36.8 Å². The monoisotopic (exact) mass is 370 g/mol. The zero-order valence-electron chi connectivity index (χ0n) is 14.7. The normalized spacial score (nSPS) is 19.1. The van der Waals surface area contributed by atoms with Crippen LogP contribution in [-0.2, 0) is 21.5 Å². The first-order valence-corrected chi connectivity index (χ1v) is 8.47. The van der Waals surface area contributed by atoms with Gasteiger partial charge in [0, 0.05) is 24.9 Å². The van der Waals surface area contributed by atoms with Gasteiger partial charge >= 0.3 is 6.03 Å². The molecule has 0 aliphatic carbocycles. The Hall–Kier alpha value is -3.29. The summed E-state index contributed by atoms with van der Waals surface area (Å²) in [5.74, 6) is -1.44. The lowest BCUT2D eigenvalue weighted by molar-refractivity contribution is -0.134. The molecule has 2 N–H and O–H groups in total. The van der Waals surface area contributed by atoms with Crippen LogP contribution in [0.15, 0.2) is 48.7 Å². The Kier molecular flexibility index (Phi) is 5.16. The molecule has 0 saturated carbocycles. The number of imide groups is 1. The smallest absolute Gasteiger partial charge is 0.325 e. The van der Waals surface area contributed by atoms with Gasteiger partial charge in [0.1, 0.15) is 17.9 Å². The Balaban J connectivity index is 1.60. The van der Waals surface area contributed by atoms with E-state index >= 15 is 0 Å². The quantitative estimate of drug-likeness (QED) is 0.751. The van der Waals surface area contributed by atoms with Gasteiger partial charge in [-0.2, -0.15) is 0 Å². The Labute approximate surface area is 155 Å². The minimum absolute atomic E-state index is 0.342. The predicted octanol–water partition coefficient (Wildman–Crippen LogP) is 1.35. The summed E-state index contributed by atoms with van der Waals surface area (Å²) in [5.41, 5.74) is -0.0593. The molecule has 7 nitrogen and oxygen atoms in total. The molecule has 0 radical (unpaired) electrons. The van der Waals surface area contributed by atoms with E-state index in [0.29, 0.717) is 18.5 Å². The number of pyridine rings is 1. The number of hydrogen-bond acceptors (Lipinski definition) is 4. The molecule has 2 heterocycles. The molecule has 8 heteroatoms. The molecule has 3 rings (SSSR count). The van der Waals surface area contributed by atoms with Crippen LogP contribution in [0.25, 0.3) is 0 Å². The molecule has 1 aromatic heterocycles. The molecule has 1 aliphatic heterocycles. The highest BCUT2D eigenvalue weighted by molar-refractivity contribution is 6.09. The number of rotatable bonds is 6. The third-order valence-corrected chi connectivity index (χ3v) is 4.43. The minimum atomic E-state index is -1.33. The van der Waals surface area contributed by atoms with Crippen LogP contribution in [0.5, 0.6) is 0 Å².